The summed E-state index contributed by atoms with van der Waals surface area (Å²) < 4.78 is 36.7. The predicted octanol–water partition coefficient (Wildman–Crippen LogP) is -2.79. The Balaban J connectivity index is 3.73. The van der Waals surface area contributed by atoms with Crippen LogP contribution in [-0.2, 0) is 13.2 Å². The second-order valence-electron chi connectivity index (χ2n) is 0.667. The average Bonchev–Trinajstić information content (AvgIpc) is 0.650. The number of hydrogen-bond acceptors (Lipinski definition) is 5. The zero-order valence-corrected chi connectivity index (χ0v) is 3.61. The summed E-state index contributed by atoms with van der Waals surface area (Å²) in [5, 5.41) is 0. The quantitative estimate of drug-likeness (QED) is 0.253. The van der Waals surface area contributed by atoms with Gasteiger partial charge in [0, 0.05) is 0 Å². The molecule has 0 aliphatic carbocycles. The fourth-order valence-corrected chi connectivity index (χ4v) is 0. The van der Waals surface area contributed by atoms with Crippen LogP contribution in [0.5, 0.6) is 0 Å². The van der Waals surface area contributed by atoms with Crippen LogP contribution in [0, 0.1) is 0 Å². The monoisotopic (exact) mass is 144 g/mol. The Morgan fingerprint density at radius 3 is 0.667 bits per heavy atom. The van der Waals surface area contributed by atoms with Crippen LogP contribution in [-0.4, -0.2) is 21.1 Å². The SMILES string of the molecule is [OH][Co]([OH])([OH])([OH])[OH]. The minimum absolute atomic E-state index is 6.04. The van der Waals surface area contributed by atoms with Gasteiger partial charge in [0.05, 0.1) is 0 Å². The van der Waals surface area contributed by atoms with E-state index in [4.69, 9.17) is 21.1 Å². The molecule has 6 heteroatoms. The van der Waals surface area contributed by atoms with Crippen LogP contribution in [0.15, 0.2) is 0 Å². The van der Waals surface area contributed by atoms with Crippen molar-refractivity contribution in [3.8, 4) is 0 Å². The summed E-state index contributed by atoms with van der Waals surface area (Å²) in [6.07, 6.45) is 0. The molecule has 0 spiro atoms. The molecule has 5 nitrogen and oxygen atoms in total. The van der Waals surface area contributed by atoms with E-state index in [0.717, 1.165) is 0 Å². The second-order valence-corrected chi connectivity index (χ2v) is 2.75. The van der Waals surface area contributed by atoms with Crippen molar-refractivity contribution in [1.29, 1.82) is 0 Å². The Hall–Kier alpha value is 0.306. The summed E-state index contributed by atoms with van der Waals surface area (Å²) in [7, 11) is 0. The van der Waals surface area contributed by atoms with E-state index in [1.807, 2.05) is 0 Å². The Labute approximate surface area is 35.2 Å². The molecular weight excluding hydrogens is 139 g/mol. The van der Waals surface area contributed by atoms with Crippen molar-refractivity contribution in [3.05, 3.63) is 0 Å². The first-order valence-corrected chi connectivity index (χ1v) is 3.07. The van der Waals surface area contributed by atoms with Gasteiger partial charge in [-0.15, -0.1) is 0 Å². The molecule has 6 heavy (non-hydrogen) atoms. The maximum atomic E-state index is 7.34. The molecule has 0 aromatic heterocycles. The van der Waals surface area contributed by atoms with Crippen LogP contribution in [0.2, 0.25) is 0 Å². The molecule has 0 rings (SSSR count). The molecule has 44 valence electrons. The molecule has 0 aromatic rings. The van der Waals surface area contributed by atoms with E-state index in [9.17, 15) is 0 Å². The molecule has 0 radical (unpaired) electrons. The molecule has 0 saturated heterocycles. The first kappa shape index (κ1) is 6.31. The van der Waals surface area contributed by atoms with Crippen molar-refractivity contribution in [2.45, 2.75) is 0 Å². The topological polar surface area (TPSA) is 101 Å². The Bertz CT molecular complexity index is 37.1. The molecule has 0 unspecified atom stereocenters. The van der Waals surface area contributed by atoms with Gasteiger partial charge in [0.1, 0.15) is 0 Å². The van der Waals surface area contributed by atoms with Gasteiger partial charge >= 0.3 is 34.3 Å². The third kappa shape index (κ3) is 501. The minimum atomic E-state index is -6.04. The standard InChI is InChI=1S/Co.5H2O/h;5*1H2/q+5;;;;;/p-5. The van der Waals surface area contributed by atoms with Gasteiger partial charge in [-0.05, 0) is 0 Å². The van der Waals surface area contributed by atoms with Crippen molar-refractivity contribution < 1.29 is 34.3 Å². The summed E-state index contributed by atoms with van der Waals surface area (Å²) in [5.41, 5.74) is 0. The van der Waals surface area contributed by atoms with Crippen LogP contribution in [0.3, 0.4) is 0 Å². The van der Waals surface area contributed by atoms with Crippen LogP contribution in [0.1, 0.15) is 0 Å². The first-order chi connectivity index (χ1) is 2.24. The van der Waals surface area contributed by atoms with Gasteiger partial charge in [-0.25, -0.2) is 0 Å². The second kappa shape index (κ2) is 0.926. The van der Waals surface area contributed by atoms with Crippen molar-refractivity contribution in [1.82, 2.24) is 0 Å². The molecule has 0 bridgehead atoms. The molecule has 0 aromatic carbocycles. The fourth-order valence-electron chi connectivity index (χ4n) is 0. The maximum absolute atomic E-state index is 7.34. The van der Waals surface area contributed by atoms with Gasteiger partial charge in [0.25, 0.3) is 0 Å². The third-order valence-electron chi connectivity index (χ3n) is 0. The normalized spacial score (nSPS) is 19.2. The van der Waals surface area contributed by atoms with E-state index < -0.39 is 13.2 Å². The van der Waals surface area contributed by atoms with Gasteiger partial charge in [0.2, 0.25) is 0 Å². The van der Waals surface area contributed by atoms with Crippen LogP contribution >= 0.6 is 0 Å². The van der Waals surface area contributed by atoms with E-state index in [0.29, 0.717) is 0 Å². The van der Waals surface area contributed by atoms with Crippen molar-refractivity contribution in [3.63, 3.8) is 0 Å². The molecule has 0 heterocycles. The molecule has 0 aliphatic heterocycles. The van der Waals surface area contributed by atoms with E-state index in [-0.39, 0.29) is 0 Å². The third-order valence-corrected chi connectivity index (χ3v) is 0. The summed E-state index contributed by atoms with van der Waals surface area (Å²) in [6, 6.07) is 0. The molecular formula is H5CoO5. The molecule has 0 amide bonds. The van der Waals surface area contributed by atoms with Gasteiger partial charge in [-0.3, -0.25) is 0 Å². The molecule has 0 atom stereocenters. The van der Waals surface area contributed by atoms with E-state index in [1.165, 1.54) is 0 Å². The molecule has 5 N–H and O–H groups in total. The zero-order chi connectivity index (χ0) is 5.45. The van der Waals surface area contributed by atoms with Gasteiger partial charge < -0.3 is 0 Å². The van der Waals surface area contributed by atoms with E-state index >= 15 is 0 Å². The van der Waals surface area contributed by atoms with Gasteiger partial charge in [-0.1, -0.05) is 0 Å². The predicted molar refractivity (Wildman–Crippen MR) is 11.1 cm³/mol. The summed E-state index contributed by atoms with van der Waals surface area (Å²) in [6.45, 7) is 0. The Kier molecular flexibility index (Phi) is 0.974. The Morgan fingerprint density at radius 2 is 0.667 bits per heavy atom. The van der Waals surface area contributed by atoms with Crippen LogP contribution in [0.4, 0.5) is 0 Å². The average molecular weight is 144 g/mol. The summed E-state index contributed by atoms with van der Waals surface area (Å²) in [5.74, 6) is 0. The van der Waals surface area contributed by atoms with Gasteiger partial charge in [-0.2, -0.15) is 0 Å². The number of hydrogen-bond donors (Lipinski definition) is 5. The zero-order valence-electron chi connectivity index (χ0n) is 2.57. The summed E-state index contributed by atoms with van der Waals surface area (Å²) in [4.78, 5) is 0. The first-order valence-electron chi connectivity index (χ1n) is 0.745. The molecule has 0 aliphatic rings. The molecule has 0 saturated carbocycles. The van der Waals surface area contributed by atoms with E-state index in [2.05, 4.69) is 0 Å². The Morgan fingerprint density at radius 1 is 0.667 bits per heavy atom. The van der Waals surface area contributed by atoms with E-state index in [1.54, 1.807) is 0 Å². The van der Waals surface area contributed by atoms with Crippen molar-refractivity contribution >= 4 is 0 Å². The van der Waals surface area contributed by atoms with Gasteiger partial charge in [0.15, 0.2) is 0 Å². The fraction of sp³-hybridized carbons (Fsp3) is 0. The van der Waals surface area contributed by atoms with Crippen LogP contribution < -0.4 is 0 Å². The molecule has 0 fully saturated rings. The van der Waals surface area contributed by atoms with Crippen molar-refractivity contribution in [2.75, 3.05) is 0 Å². The summed E-state index contributed by atoms with van der Waals surface area (Å²) >= 11 is -6.04. The number of rotatable bonds is 0. The van der Waals surface area contributed by atoms with Crippen LogP contribution in [0.25, 0.3) is 0 Å². The van der Waals surface area contributed by atoms with Crippen molar-refractivity contribution in [2.24, 2.45) is 0 Å².